The molecule has 1 N–H and O–H groups in total. The third-order valence-electron chi connectivity index (χ3n) is 5.04. The third kappa shape index (κ3) is 2.77. The zero-order chi connectivity index (χ0) is 19.9. The quantitative estimate of drug-likeness (QED) is 0.685. The van der Waals surface area contributed by atoms with Gasteiger partial charge in [0, 0.05) is 33.2 Å². The lowest BCUT2D eigenvalue weighted by Crippen LogP contribution is -2.43. The Labute approximate surface area is 171 Å². The van der Waals surface area contributed by atoms with Crippen molar-refractivity contribution in [1.82, 2.24) is 4.98 Å². The number of nitriles is 2. The molecule has 0 bridgehead atoms. The predicted octanol–water partition coefficient (Wildman–Crippen LogP) is 4.64. The summed E-state index contributed by atoms with van der Waals surface area (Å²) in [6, 6.07) is 18.0. The first-order valence-electron chi connectivity index (χ1n) is 8.44. The zero-order valence-corrected chi connectivity index (χ0v) is 15.9. The average Bonchev–Trinajstić information content (AvgIpc) is 2.94. The van der Waals surface area contributed by atoms with Crippen LogP contribution >= 0.6 is 23.2 Å². The number of carbonyl (C=O) groups excluding carboxylic acids is 1. The Bertz CT molecular complexity index is 1200. The van der Waals surface area contributed by atoms with Crippen LogP contribution in [0.15, 0.2) is 48.5 Å². The van der Waals surface area contributed by atoms with Gasteiger partial charge in [-0.15, -0.1) is 0 Å². The van der Waals surface area contributed by atoms with Crippen molar-refractivity contribution in [2.75, 3.05) is 5.32 Å². The van der Waals surface area contributed by atoms with E-state index in [2.05, 4.69) is 10.3 Å². The van der Waals surface area contributed by atoms with Gasteiger partial charge in [-0.1, -0.05) is 35.3 Å². The van der Waals surface area contributed by atoms with Crippen molar-refractivity contribution in [3.05, 3.63) is 69.8 Å². The van der Waals surface area contributed by atoms with E-state index < -0.39 is 17.2 Å². The zero-order valence-electron chi connectivity index (χ0n) is 14.4. The van der Waals surface area contributed by atoms with E-state index in [9.17, 15) is 15.3 Å². The van der Waals surface area contributed by atoms with Gasteiger partial charge < -0.3 is 5.32 Å². The van der Waals surface area contributed by atoms with Crippen LogP contribution in [-0.4, -0.2) is 10.9 Å². The molecular weight excluding hydrogens is 395 g/mol. The molecule has 0 aliphatic carbocycles. The van der Waals surface area contributed by atoms with Crippen molar-refractivity contribution in [2.24, 2.45) is 5.92 Å². The monoisotopic (exact) mass is 406 g/mol. The summed E-state index contributed by atoms with van der Waals surface area (Å²) in [5.74, 6) is -1.62. The standard InChI is InChI=1S/C21H12Cl2N4O/c22-14-4-6-18-17(7-14)21(20(28)27-18,13(10-24)11-25)9-16-5-2-12-1-3-15(23)8-19(12)26-16/h1-8,13H,9H2,(H,27,28). The van der Waals surface area contributed by atoms with E-state index in [4.69, 9.17) is 23.2 Å². The highest BCUT2D eigenvalue weighted by Crippen LogP contribution is 2.46. The lowest BCUT2D eigenvalue weighted by Gasteiger charge is -2.28. The molecule has 136 valence electrons. The first-order valence-corrected chi connectivity index (χ1v) is 9.19. The fourth-order valence-electron chi connectivity index (χ4n) is 3.68. The number of benzene rings is 2. The van der Waals surface area contributed by atoms with E-state index in [0.717, 1.165) is 5.39 Å². The van der Waals surface area contributed by atoms with E-state index in [-0.39, 0.29) is 6.42 Å². The molecule has 1 aliphatic heterocycles. The molecule has 1 aromatic heterocycles. The number of hydrogen-bond donors (Lipinski definition) is 1. The number of amides is 1. The topological polar surface area (TPSA) is 89.6 Å². The Morgan fingerprint density at radius 2 is 1.71 bits per heavy atom. The summed E-state index contributed by atoms with van der Waals surface area (Å²) in [4.78, 5) is 17.6. The lowest BCUT2D eigenvalue weighted by molar-refractivity contribution is -0.121. The molecular formula is C21H12Cl2N4O. The maximum absolute atomic E-state index is 13.0. The molecule has 0 radical (unpaired) electrons. The minimum Gasteiger partial charge on any atom is -0.325 e. The SMILES string of the molecule is N#CC(C#N)C1(Cc2ccc3ccc(Cl)cc3n2)C(=O)Nc2ccc(Cl)cc21. The van der Waals surface area contributed by atoms with E-state index >= 15 is 0 Å². The Morgan fingerprint density at radius 1 is 1.04 bits per heavy atom. The second-order valence-corrected chi connectivity index (χ2v) is 7.50. The van der Waals surface area contributed by atoms with Crippen LogP contribution in [-0.2, 0) is 16.6 Å². The van der Waals surface area contributed by atoms with Gasteiger partial charge in [0.15, 0.2) is 5.92 Å². The van der Waals surface area contributed by atoms with Crippen molar-refractivity contribution >= 4 is 45.7 Å². The molecule has 2 heterocycles. The van der Waals surface area contributed by atoms with E-state index in [0.29, 0.717) is 32.5 Å². The average molecular weight is 407 g/mol. The predicted molar refractivity (Wildman–Crippen MR) is 107 cm³/mol. The Morgan fingerprint density at radius 3 is 2.46 bits per heavy atom. The summed E-state index contributed by atoms with van der Waals surface area (Å²) in [5.41, 5.74) is 0.937. The molecule has 5 nitrogen and oxygen atoms in total. The second kappa shape index (κ2) is 6.80. The van der Waals surface area contributed by atoms with Crippen molar-refractivity contribution in [2.45, 2.75) is 11.8 Å². The number of nitrogens with one attached hydrogen (secondary N) is 1. The molecule has 1 atom stereocenters. The molecule has 0 fully saturated rings. The number of nitrogens with zero attached hydrogens (tertiary/aromatic N) is 3. The number of anilines is 1. The number of fused-ring (bicyclic) bond motifs is 2. The summed E-state index contributed by atoms with van der Waals surface area (Å²) in [7, 11) is 0. The van der Waals surface area contributed by atoms with Crippen LogP contribution in [0.25, 0.3) is 10.9 Å². The number of pyridine rings is 1. The molecule has 1 amide bonds. The van der Waals surface area contributed by atoms with Gasteiger partial charge in [0.1, 0.15) is 5.41 Å². The molecule has 0 spiro atoms. The van der Waals surface area contributed by atoms with Crippen LogP contribution in [0.1, 0.15) is 11.3 Å². The second-order valence-electron chi connectivity index (χ2n) is 6.62. The highest BCUT2D eigenvalue weighted by atomic mass is 35.5. The highest BCUT2D eigenvalue weighted by Gasteiger charge is 2.53. The molecule has 28 heavy (non-hydrogen) atoms. The van der Waals surface area contributed by atoms with Crippen molar-refractivity contribution in [3.63, 3.8) is 0 Å². The van der Waals surface area contributed by atoms with Gasteiger partial charge in [0.2, 0.25) is 5.91 Å². The smallest absolute Gasteiger partial charge is 0.237 e. The maximum Gasteiger partial charge on any atom is 0.237 e. The summed E-state index contributed by atoms with van der Waals surface area (Å²) in [6.07, 6.45) is 0.0837. The molecule has 4 rings (SSSR count). The molecule has 1 unspecified atom stereocenters. The highest BCUT2D eigenvalue weighted by molar-refractivity contribution is 6.31. The fraction of sp³-hybridized carbons (Fsp3) is 0.143. The van der Waals surface area contributed by atoms with Crippen LogP contribution in [0.4, 0.5) is 5.69 Å². The minimum atomic E-state index is -1.40. The van der Waals surface area contributed by atoms with E-state index in [1.165, 1.54) is 0 Å². The summed E-state index contributed by atoms with van der Waals surface area (Å²) >= 11 is 12.2. The summed E-state index contributed by atoms with van der Waals surface area (Å²) in [6.45, 7) is 0. The maximum atomic E-state index is 13.0. The molecule has 7 heteroatoms. The van der Waals surface area contributed by atoms with Crippen LogP contribution in [0.2, 0.25) is 10.0 Å². The van der Waals surface area contributed by atoms with Crippen molar-refractivity contribution in [3.8, 4) is 12.1 Å². The fourth-order valence-corrected chi connectivity index (χ4v) is 4.02. The van der Waals surface area contributed by atoms with Crippen LogP contribution in [0.3, 0.4) is 0 Å². The van der Waals surface area contributed by atoms with Gasteiger partial charge in [-0.2, -0.15) is 10.5 Å². The van der Waals surface area contributed by atoms with E-state index in [1.54, 1.807) is 36.4 Å². The van der Waals surface area contributed by atoms with Crippen molar-refractivity contribution in [1.29, 1.82) is 10.5 Å². The molecule has 1 aliphatic rings. The molecule has 0 saturated heterocycles. The van der Waals surface area contributed by atoms with Crippen molar-refractivity contribution < 1.29 is 4.79 Å². The normalized spacial score (nSPS) is 17.8. The molecule has 2 aromatic carbocycles. The van der Waals surface area contributed by atoms with Gasteiger partial charge in [0.25, 0.3) is 0 Å². The molecule has 0 saturated carbocycles. The third-order valence-corrected chi connectivity index (χ3v) is 5.51. The van der Waals surface area contributed by atoms with Gasteiger partial charge in [0.05, 0.1) is 17.7 Å². The number of carbonyl (C=O) groups is 1. The first kappa shape index (κ1) is 18.3. The van der Waals surface area contributed by atoms with Crippen LogP contribution < -0.4 is 5.32 Å². The van der Waals surface area contributed by atoms with Gasteiger partial charge in [-0.3, -0.25) is 9.78 Å². The minimum absolute atomic E-state index is 0.0837. The largest absolute Gasteiger partial charge is 0.325 e. The summed E-state index contributed by atoms with van der Waals surface area (Å²) < 4.78 is 0. The number of aromatic nitrogens is 1. The number of hydrogen-bond acceptors (Lipinski definition) is 4. The van der Waals surface area contributed by atoms with Gasteiger partial charge >= 0.3 is 0 Å². The van der Waals surface area contributed by atoms with Crippen LogP contribution in [0, 0.1) is 28.6 Å². The Balaban J connectivity index is 1.90. The number of rotatable bonds is 3. The first-order chi connectivity index (χ1) is 13.5. The lowest BCUT2D eigenvalue weighted by atomic mass is 9.69. The van der Waals surface area contributed by atoms with E-state index in [1.807, 2.05) is 24.3 Å². The number of halogens is 2. The van der Waals surface area contributed by atoms with Crippen LogP contribution in [0.5, 0.6) is 0 Å². The van der Waals surface area contributed by atoms with Gasteiger partial charge in [-0.25, -0.2) is 0 Å². The Kier molecular flexibility index (Phi) is 4.43. The van der Waals surface area contributed by atoms with Gasteiger partial charge in [-0.05, 0) is 42.0 Å². The Hall–Kier alpha value is -3.12. The molecule has 3 aromatic rings. The summed E-state index contributed by atoms with van der Waals surface area (Å²) in [5, 5.41) is 23.9.